The average Bonchev–Trinajstić information content (AvgIpc) is 3.03. The molecule has 1 N–H and O–H groups in total. The first kappa shape index (κ1) is 16.2. The van der Waals surface area contributed by atoms with Gasteiger partial charge in [-0.3, -0.25) is 4.79 Å². The fourth-order valence-corrected chi connectivity index (χ4v) is 2.34. The van der Waals surface area contributed by atoms with Crippen LogP contribution in [0.4, 0.5) is 5.82 Å². The smallest absolute Gasteiger partial charge is 0.226 e. The normalized spacial score (nSPS) is 10.6. The highest BCUT2D eigenvalue weighted by molar-refractivity contribution is 6.30. The number of aryl methyl sites for hydroxylation is 2. The standard InChI is InChI=1S/C18H16ClN3O2/c1-12-3-2-4-16(21-12)22-17(23)9-10-18-20-11-15(24-18)13-5-7-14(19)8-6-13/h2-8,11H,9-10H2,1H3,(H,21,22,23). The Morgan fingerprint density at radius 3 is 2.75 bits per heavy atom. The van der Waals surface area contributed by atoms with Crippen LogP contribution >= 0.6 is 11.6 Å². The van der Waals surface area contributed by atoms with Crippen molar-refractivity contribution in [3.05, 3.63) is 65.3 Å². The molecule has 0 saturated heterocycles. The number of nitrogens with zero attached hydrogens (tertiary/aromatic N) is 2. The number of carbonyl (C=O) groups is 1. The van der Waals surface area contributed by atoms with Gasteiger partial charge in [0.05, 0.1) is 6.20 Å². The monoisotopic (exact) mass is 341 g/mol. The van der Waals surface area contributed by atoms with Gasteiger partial charge in [0.15, 0.2) is 11.7 Å². The van der Waals surface area contributed by atoms with Gasteiger partial charge >= 0.3 is 0 Å². The molecule has 6 heteroatoms. The van der Waals surface area contributed by atoms with Gasteiger partial charge in [-0.15, -0.1) is 0 Å². The van der Waals surface area contributed by atoms with Crippen molar-refractivity contribution in [1.82, 2.24) is 9.97 Å². The number of nitrogens with one attached hydrogen (secondary N) is 1. The minimum atomic E-state index is -0.126. The van der Waals surface area contributed by atoms with Crippen molar-refractivity contribution in [3.8, 4) is 11.3 Å². The molecule has 0 unspecified atom stereocenters. The summed E-state index contributed by atoms with van der Waals surface area (Å²) in [6.45, 7) is 1.88. The van der Waals surface area contributed by atoms with Crippen LogP contribution in [0.25, 0.3) is 11.3 Å². The third-order valence-corrected chi connectivity index (χ3v) is 3.66. The molecule has 2 aromatic heterocycles. The number of halogens is 1. The maximum Gasteiger partial charge on any atom is 0.226 e. The van der Waals surface area contributed by atoms with E-state index in [1.54, 1.807) is 24.4 Å². The van der Waals surface area contributed by atoms with Gasteiger partial charge in [-0.1, -0.05) is 17.7 Å². The number of oxazole rings is 1. The molecule has 0 aliphatic carbocycles. The first-order valence-corrected chi connectivity index (χ1v) is 7.92. The molecular weight excluding hydrogens is 326 g/mol. The number of pyridine rings is 1. The number of hydrogen-bond acceptors (Lipinski definition) is 4. The minimum Gasteiger partial charge on any atom is -0.441 e. The van der Waals surface area contributed by atoms with Gasteiger partial charge in [-0.2, -0.15) is 0 Å². The van der Waals surface area contributed by atoms with Crippen LogP contribution in [0.1, 0.15) is 18.0 Å². The van der Waals surface area contributed by atoms with Crippen molar-refractivity contribution in [2.45, 2.75) is 19.8 Å². The van der Waals surface area contributed by atoms with Crippen LogP contribution in [0.15, 0.2) is 53.1 Å². The molecule has 122 valence electrons. The van der Waals surface area contributed by atoms with E-state index in [-0.39, 0.29) is 12.3 Å². The number of anilines is 1. The van der Waals surface area contributed by atoms with Gasteiger partial charge < -0.3 is 9.73 Å². The summed E-state index contributed by atoms with van der Waals surface area (Å²) in [4.78, 5) is 20.4. The maximum absolute atomic E-state index is 12.0. The lowest BCUT2D eigenvalue weighted by molar-refractivity contribution is -0.116. The molecule has 0 bridgehead atoms. The van der Waals surface area contributed by atoms with Gasteiger partial charge in [0.2, 0.25) is 5.91 Å². The van der Waals surface area contributed by atoms with Gasteiger partial charge in [0, 0.05) is 29.1 Å². The average molecular weight is 342 g/mol. The molecular formula is C18H16ClN3O2. The number of rotatable bonds is 5. The third-order valence-electron chi connectivity index (χ3n) is 3.40. The fourth-order valence-electron chi connectivity index (χ4n) is 2.21. The highest BCUT2D eigenvalue weighted by atomic mass is 35.5. The molecule has 1 aromatic carbocycles. The number of hydrogen-bond donors (Lipinski definition) is 1. The van der Waals surface area contributed by atoms with Crippen LogP contribution < -0.4 is 5.32 Å². The zero-order valence-electron chi connectivity index (χ0n) is 13.1. The van der Waals surface area contributed by atoms with Gasteiger partial charge in [-0.05, 0) is 43.3 Å². The zero-order valence-corrected chi connectivity index (χ0v) is 13.9. The number of carbonyl (C=O) groups excluding carboxylic acids is 1. The lowest BCUT2D eigenvalue weighted by Crippen LogP contribution is -2.13. The molecule has 0 radical (unpaired) electrons. The minimum absolute atomic E-state index is 0.126. The second-order valence-electron chi connectivity index (χ2n) is 5.34. The van der Waals surface area contributed by atoms with Crippen molar-refractivity contribution >= 4 is 23.3 Å². The molecule has 0 saturated carbocycles. The maximum atomic E-state index is 12.0. The first-order chi connectivity index (χ1) is 11.6. The zero-order chi connectivity index (χ0) is 16.9. The summed E-state index contributed by atoms with van der Waals surface area (Å²) in [5, 5.41) is 3.43. The molecule has 0 aliphatic rings. The van der Waals surface area contributed by atoms with Crippen LogP contribution in [-0.4, -0.2) is 15.9 Å². The molecule has 5 nitrogen and oxygen atoms in total. The Balaban J connectivity index is 1.57. The number of aromatic nitrogens is 2. The Morgan fingerprint density at radius 1 is 1.21 bits per heavy atom. The van der Waals surface area contributed by atoms with E-state index in [4.69, 9.17) is 16.0 Å². The molecule has 0 spiro atoms. The predicted molar refractivity (Wildman–Crippen MR) is 92.9 cm³/mol. The topological polar surface area (TPSA) is 68.0 Å². The number of amides is 1. The van der Waals surface area contributed by atoms with E-state index >= 15 is 0 Å². The second kappa shape index (κ2) is 7.27. The summed E-state index contributed by atoms with van der Waals surface area (Å²) < 4.78 is 5.68. The summed E-state index contributed by atoms with van der Waals surface area (Å²) >= 11 is 5.87. The highest BCUT2D eigenvalue weighted by Gasteiger charge is 2.09. The summed E-state index contributed by atoms with van der Waals surface area (Å²) in [5.74, 6) is 1.60. The SMILES string of the molecule is Cc1cccc(NC(=O)CCc2ncc(-c3ccc(Cl)cc3)o2)n1. The Labute approximate surface area is 144 Å². The Morgan fingerprint density at radius 2 is 2.00 bits per heavy atom. The van der Waals surface area contributed by atoms with Crippen LogP contribution in [0, 0.1) is 6.92 Å². The number of benzene rings is 1. The van der Waals surface area contributed by atoms with E-state index in [1.807, 2.05) is 31.2 Å². The van der Waals surface area contributed by atoms with Gasteiger partial charge in [-0.25, -0.2) is 9.97 Å². The van der Waals surface area contributed by atoms with E-state index in [0.29, 0.717) is 28.9 Å². The summed E-state index contributed by atoms with van der Waals surface area (Å²) in [5.41, 5.74) is 1.75. The first-order valence-electron chi connectivity index (χ1n) is 7.54. The molecule has 0 fully saturated rings. The molecule has 0 aliphatic heterocycles. The molecule has 3 rings (SSSR count). The summed E-state index contributed by atoms with van der Waals surface area (Å²) in [6, 6.07) is 12.8. The molecule has 24 heavy (non-hydrogen) atoms. The fraction of sp³-hybridized carbons (Fsp3) is 0.167. The van der Waals surface area contributed by atoms with Crippen molar-refractivity contribution < 1.29 is 9.21 Å². The summed E-state index contributed by atoms with van der Waals surface area (Å²) in [7, 11) is 0. The van der Waals surface area contributed by atoms with Crippen LogP contribution in [0.2, 0.25) is 5.02 Å². The van der Waals surface area contributed by atoms with Gasteiger partial charge in [0.25, 0.3) is 0 Å². The Kier molecular flexibility index (Phi) is 4.91. The van der Waals surface area contributed by atoms with Crippen LogP contribution in [0.3, 0.4) is 0 Å². The largest absolute Gasteiger partial charge is 0.441 e. The predicted octanol–water partition coefficient (Wildman–Crippen LogP) is 4.27. The van der Waals surface area contributed by atoms with E-state index < -0.39 is 0 Å². The molecule has 3 aromatic rings. The van der Waals surface area contributed by atoms with Crippen molar-refractivity contribution in [1.29, 1.82) is 0 Å². The Bertz CT molecular complexity index is 843. The molecule has 2 heterocycles. The molecule has 0 atom stereocenters. The second-order valence-corrected chi connectivity index (χ2v) is 5.77. The van der Waals surface area contributed by atoms with E-state index in [1.165, 1.54) is 0 Å². The van der Waals surface area contributed by atoms with Crippen molar-refractivity contribution in [3.63, 3.8) is 0 Å². The van der Waals surface area contributed by atoms with Crippen molar-refractivity contribution in [2.24, 2.45) is 0 Å². The van der Waals surface area contributed by atoms with E-state index in [0.717, 1.165) is 11.3 Å². The van der Waals surface area contributed by atoms with Crippen LogP contribution in [0.5, 0.6) is 0 Å². The Hall–Kier alpha value is -2.66. The lowest BCUT2D eigenvalue weighted by atomic mass is 10.2. The summed E-state index contributed by atoms with van der Waals surface area (Å²) in [6.07, 6.45) is 2.35. The van der Waals surface area contributed by atoms with E-state index in [2.05, 4.69) is 15.3 Å². The lowest BCUT2D eigenvalue weighted by Gasteiger charge is -2.03. The highest BCUT2D eigenvalue weighted by Crippen LogP contribution is 2.22. The van der Waals surface area contributed by atoms with Crippen molar-refractivity contribution in [2.75, 3.05) is 5.32 Å². The quantitative estimate of drug-likeness (QED) is 0.752. The van der Waals surface area contributed by atoms with Crippen LogP contribution in [-0.2, 0) is 11.2 Å². The van der Waals surface area contributed by atoms with E-state index in [9.17, 15) is 4.79 Å². The third kappa shape index (κ3) is 4.20. The molecule has 1 amide bonds. The van der Waals surface area contributed by atoms with Gasteiger partial charge in [0.1, 0.15) is 5.82 Å².